The molecule has 1 N–H and O–H groups in total. The SMILES string of the molecule is CCOc1ccc(S(=O)(=O)N(CC(=O)Nc2ccc(OC)c(Cl)c2)Cc2ccccc2)cc1C. The summed E-state index contributed by atoms with van der Waals surface area (Å²) in [5, 5.41) is 3.04. The molecule has 0 unspecified atom stereocenters. The van der Waals surface area contributed by atoms with Gasteiger partial charge in [-0.25, -0.2) is 8.42 Å². The second-order valence-electron chi connectivity index (χ2n) is 7.52. The average Bonchev–Trinajstić information content (AvgIpc) is 2.81. The van der Waals surface area contributed by atoms with Crippen molar-refractivity contribution in [2.75, 3.05) is 25.6 Å². The van der Waals surface area contributed by atoms with Gasteiger partial charge < -0.3 is 14.8 Å². The number of nitrogens with one attached hydrogen (secondary N) is 1. The van der Waals surface area contributed by atoms with E-state index in [-0.39, 0.29) is 18.0 Å². The minimum absolute atomic E-state index is 0.0339. The lowest BCUT2D eigenvalue weighted by molar-refractivity contribution is -0.116. The molecule has 0 aliphatic carbocycles. The van der Waals surface area contributed by atoms with Gasteiger partial charge >= 0.3 is 0 Å². The van der Waals surface area contributed by atoms with Crippen LogP contribution in [0.3, 0.4) is 0 Å². The Labute approximate surface area is 205 Å². The molecule has 0 fully saturated rings. The van der Waals surface area contributed by atoms with E-state index in [0.29, 0.717) is 34.4 Å². The van der Waals surface area contributed by atoms with Crippen LogP contribution in [0.2, 0.25) is 5.02 Å². The normalized spacial score (nSPS) is 11.3. The predicted octanol–water partition coefficient (Wildman–Crippen LogP) is 4.89. The maximum Gasteiger partial charge on any atom is 0.243 e. The predicted molar refractivity (Wildman–Crippen MR) is 133 cm³/mol. The summed E-state index contributed by atoms with van der Waals surface area (Å²) in [4.78, 5) is 12.9. The number of carbonyl (C=O) groups excluding carboxylic acids is 1. The molecular weight excluding hydrogens is 476 g/mol. The lowest BCUT2D eigenvalue weighted by Crippen LogP contribution is -2.37. The Morgan fingerprint density at radius 2 is 1.74 bits per heavy atom. The Bertz CT molecular complexity index is 1250. The summed E-state index contributed by atoms with van der Waals surface area (Å²) in [6.45, 7) is 3.77. The van der Waals surface area contributed by atoms with E-state index < -0.39 is 15.9 Å². The number of hydrogen-bond donors (Lipinski definition) is 1. The third-order valence-electron chi connectivity index (χ3n) is 5.04. The molecular formula is C25H27ClN2O5S. The van der Waals surface area contributed by atoms with Gasteiger partial charge in [-0.05, 0) is 61.4 Å². The quantitative estimate of drug-likeness (QED) is 0.427. The van der Waals surface area contributed by atoms with Crippen LogP contribution < -0.4 is 14.8 Å². The van der Waals surface area contributed by atoms with Gasteiger partial charge in [0.15, 0.2) is 0 Å². The molecule has 180 valence electrons. The Morgan fingerprint density at radius 1 is 1.03 bits per heavy atom. The van der Waals surface area contributed by atoms with E-state index in [9.17, 15) is 13.2 Å². The first-order chi connectivity index (χ1) is 16.2. The van der Waals surface area contributed by atoms with Crippen molar-refractivity contribution in [1.82, 2.24) is 4.31 Å². The van der Waals surface area contributed by atoms with Crippen molar-refractivity contribution in [1.29, 1.82) is 0 Å². The van der Waals surface area contributed by atoms with Crippen LogP contribution in [0.25, 0.3) is 0 Å². The molecule has 0 spiro atoms. The summed E-state index contributed by atoms with van der Waals surface area (Å²) in [6.07, 6.45) is 0. The standard InChI is InChI=1S/C25H27ClN2O5S/c1-4-33-23-13-11-21(14-18(23)2)34(30,31)28(16-19-8-6-5-7-9-19)17-25(29)27-20-10-12-24(32-3)22(26)15-20/h5-15H,4,16-17H2,1-3H3,(H,27,29). The van der Waals surface area contributed by atoms with Crippen molar-refractivity contribution < 1.29 is 22.7 Å². The monoisotopic (exact) mass is 502 g/mol. The molecule has 3 rings (SSSR count). The summed E-state index contributed by atoms with van der Waals surface area (Å²) in [5.74, 6) is 0.590. The van der Waals surface area contributed by atoms with E-state index in [1.807, 2.05) is 37.3 Å². The molecule has 0 radical (unpaired) electrons. The fourth-order valence-corrected chi connectivity index (χ4v) is 5.09. The summed E-state index contributed by atoms with van der Waals surface area (Å²) < 4.78 is 38.9. The molecule has 0 saturated carbocycles. The Morgan fingerprint density at radius 3 is 2.35 bits per heavy atom. The first-order valence-electron chi connectivity index (χ1n) is 10.7. The lowest BCUT2D eigenvalue weighted by Gasteiger charge is -2.22. The number of benzene rings is 3. The summed E-state index contributed by atoms with van der Waals surface area (Å²) in [6, 6.07) is 18.6. The third-order valence-corrected chi connectivity index (χ3v) is 7.12. The van der Waals surface area contributed by atoms with Crippen LogP contribution in [0.1, 0.15) is 18.1 Å². The number of halogens is 1. The van der Waals surface area contributed by atoms with Gasteiger partial charge in [0.25, 0.3) is 0 Å². The number of sulfonamides is 1. The molecule has 3 aromatic carbocycles. The van der Waals surface area contributed by atoms with Gasteiger partial charge in [0, 0.05) is 12.2 Å². The van der Waals surface area contributed by atoms with E-state index >= 15 is 0 Å². The number of methoxy groups -OCH3 is 1. The van der Waals surface area contributed by atoms with E-state index in [4.69, 9.17) is 21.1 Å². The molecule has 0 aliphatic rings. The van der Waals surface area contributed by atoms with Crippen LogP contribution >= 0.6 is 11.6 Å². The molecule has 9 heteroatoms. The van der Waals surface area contributed by atoms with E-state index in [2.05, 4.69) is 5.32 Å². The van der Waals surface area contributed by atoms with Crippen LogP contribution in [-0.4, -0.2) is 38.9 Å². The first-order valence-corrected chi connectivity index (χ1v) is 12.5. The van der Waals surface area contributed by atoms with Crippen LogP contribution in [0, 0.1) is 6.92 Å². The number of carbonyl (C=O) groups is 1. The van der Waals surface area contributed by atoms with Gasteiger partial charge in [-0.1, -0.05) is 41.9 Å². The highest BCUT2D eigenvalue weighted by atomic mass is 35.5. The molecule has 0 saturated heterocycles. The van der Waals surface area contributed by atoms with Gasteiger partial charge in [0.05, 0.1) is 30.2 Å². The zero-order valence-corrected chi connectivity index (χ0v) is 20.8. The maximum absolute atomic E-state index is 13.6. The molecule has 34 heavy (non-hydrogen) atoms. The number of anilines is 1. The third kappa shape index (κ3) is 6.28. The average molecular weight is 503 g/mol. The number of hydrogen-bond acceptors (Lipinski definition) is 5. The second-order valence-corrected chi connectivity index (χ2v) is 9.86. The van der Waals surface area contributed by atoms with Crippen LogP contribution in [0.15, 0.2) is 71.6 Å². The Balaban J connectivity index is 1.88. The highest BCUT2D eigenvalue weighted by Crippen LogP contribution is 2.28. The van der Waals surface area contributed by atoms with E-state index in [1.54, 1.807) is 37.3 Å². The number of aryl methyl sites for hydroxylation is 1. The Kier molecular flexibility index (Phi) is 8.55. The largest absolute Gasteiger partial charge is 0.495 e. The smallest absolute Gasteiger partial charge is 0.243 e. The van der Waals surface area contributed by atoms with E-state index in [1.165, 1.54) is 13.2 Å². The highest BCUT2D eigenvalue weighted by molar-refractivity contribution is 7.89. The summed E-state index contributed by atoms with van der Waals surface area (Å²) in [7, 11) is -2.49. The minimum atomic E-state index is -3.99. The maximum atomic E-state index is 13.6. The van der Waals surface area contributed by atoms with Gasteiger partial charge in [0.2, 0.25) is 15.9 Å². The van der Waals surface area contributed by atoms with Crippen molar-refractivity contribution in [3.8, 4) is 11.5 Å². The highest BCUT2D eigenvalue weighted by Gasteiger charge is 2.27. The second kappa shape index (κ2) is 11.4. The fraction of sp³-hybridized carbons (Fsp3) is 0.240. The van der Waals surface area contributed by atoms with Gasteiger partial charge in [-0.15, -0.1) is 0 Å². The van der Waals surface area contributed by atoms with Crippen molar-refractivity contribution in [2.45, 2.75) is 25.3 Å². The zero-order chi connectivity index (χ0) is 24.7. The van der Waals surface area contributed by atoms with Crippen LogP contribution in [-0.2, 0) is 21.4 Å². The summed E-state index contributed by atoms with van der Waals surface area (Å²) >= 11 is 6.14. The molecule has 7 nitrogen and oxygen atoms in total. The number of amides is 1. The van der Waals surface area contributed by atoms with Crippen LogP contribution in [0.4, 0.5) is 5.69 Å². The van der Waals surface area contributed by atoms with Crippen LogP contribution in [0.5, 0.6) is 11.5 Å². The molecule has 1 amide bonds. The van der Waals surface area contributed by atoms with Gasteiger partial charge in [-0.3, -0.25) is 4.79 Å². The molecule has 3 aromatic rings. The molecule has 0 aromatic heterocycles. The Hall–Kier alpha value is -3.07. The van der Waals surface area contributed by atoms with Gasteiger partial charge in [0.1, 0.15) is 11.5 Å². The lowest BCUT2D eigenvalue weighted by atomic mass is 10.2. The molecule has 0 atom stereocenters. The van der Waals surface area contributed by atoms with Gasteiger partial charge in [-0.2, -0.15) is 4.31 Å². The zero-order valence-electron chi connectivity index (χ0n) is 19.2. The minimum Gasteiger partial charge on any atom is -0.495 e. The fourth-order valence-electron chi connectivity index (χ4n) is 3.37. The van der Waals surface area contributed by atoms with Crippen molar-refractivity contribution in [2.24, 2.45) is 0 Å². The van der Waals surface area contributed by atoms with Crippen molar-refractivity contribution in [3.63, 3.8) is 0 Å². The van der Waals surface area contributed by atoms with Crippen molar-refractivity contribution >= 4 is 33.2 Å². The molecule has 0 aliphatic heterocycles. The summed E-state index contributed by atoms with van der Waals surface area (Å²) in [5.41, 5.74) is 1.89. The molecule has 0 heterocycles. The van der Waals surface area contributed by atoms with E-state index in [0.717, 1.165) is 9.87 Å². The molecule has 0 bridgehead atoms. The number of rotatable bonds is 10. The first kappa shape index (κ1) is 25.6. The topological polar surface area (TPSA) is 84.9 Å². The number of ether oxygens (including phenoxy) is 2. The van der Waals surface area contributed by atoms with Crippen molar-refractivity contribution in [3.05, 3.63) is 82.9 Å². The number of nitrogens with zero attached hydrogens (tertiary/aromatic N) is 1.